The van der Waals surface area contributed by atoms with Gasteiger partial charge in [-0.1, -0.05) is 0 Å². The smallest absolute Gasteiger partial charge is 0.316 e. The quantitative estimate of drug-likeness (QED) is 0.386. The second-order valence-electron chi connectivity index (χ2n) is 2.18. The normalized spacial score (nSPS) is 32.3. The predicted octanol–water partition coefficient (Wildman–Crippen LogP) is -1.60. The largest absolute Gasteiger partial charge is 0.337 e. The fraction of sp³-hybridized carbons (Fsp3) is 0.600. The molecule has 5 heteroatoms. The molecule has 10 heavy (non-hydrogen) atoms. The number of urea groups is 1. The maximum Gasteiger partial charge on any atom is 0.316 e. The van der Waals surface area contributed by atoms with E-state index in [1.54, 1.807) is 0 Å². The van der Waals surface area contributed by atoms with Crippen molar-refractivity contribution in [3.05, 3.63) is 0 Å². The molecule has 1 heterocycles. The number of hydrogen-bond donors (Lipinski definition) is 3. The lowest BCUT2D eigenvalue weighted by Gasteiger charge is -2.25. The van der Waals surface area contributed by atoms with Gasteiger partial charge in [0.2, 0.25) is 0 Å². The standard InChI is InChI=1S/C5H9N3O2/c6-4-3(2-9)1-7-5(10)8-4/h2-4H,1,6H2,(H2,7,8,10). The molecule has 2 amide bonds. The summed E-state index contributed by atoms with van der Waals surface area (Å²) in [5.41, 5.74) is 5.38. The molecule has 56 valence electrons. The molecule has 1 fully saturated rings. The second-order valence-corrected chi connectivity index (χ2v) is 2.18. The molecule has 2 unspecified atom stereocenters. The van der Waals surface area contributed by atoms with E-state index in [4.69, 9.17) is 5.73 Å². The van der Waals surface area contributed by atoms with Crippen LogP contribution < -0.4 is 16.4 Å². The zero-order chi connectivity index (χ0) is 7.56. The number of carbonyl (C=O) groups is 2. The molecule has 0 aromatic carbocycles. The molecule has 0 saturated carbocycles. The van der Waals surface area contributed by atoms with E-state index in [0.29, 0.717) is 6.54 Å². The average Bonchev–Trinajstić information content (AvgIpc) is 1.88. The Balaban J connectivity index is 2.50. The topological polar surface area (TPSA) is 84.2 Å². The first-order valence-corrected chi connectivity index (χ1v) is 2.99. The van der Waals surface area contributed by atoms with E-state index >= 15 is 0 Å². The number of nitrogens with one attached hydrogen (secondary N) is 2. The third-order valence-electron chi connectivity index (χ3n) is 1.43. The van der Waals surface area contributed by atoms with Crippen molar-refractivity contribution in [1.29, 1.82) is 0 Å². The molecule has 0 aromatic heterocycles. The van der Waals surface area contributed by atoms with Crippen LogP contribution in [0.4, 0.5) is 4.79 Å². The number of amides is 2. The van der Waals surface area contributed by atoms with Crippen molar-refractivity contribution in [1.82, 2.24) is 10.6 Å². The first-order chi connectivity index (χ1) is 4.74. The van der Waals surface area contributed by atoms with Crippen molar-refractivity contribution < 1.29 is 9.59 Å². The molecule has 4 N–H and O–H groups in total. The van der Waals surface area contributed by atoms with Crippen molar-refractivity contribution in [2.75, 3.05) is 6.54 Å². The summed E-state index contributed by atoms with van der Waals surface area (Å²) in [6.07, 6.45) is 0.197. The highest BCUT2D eigenvalue weighted by Crippen LogP contribution is 1.97. The van der Waals surface area contributed by atoms with Crippen LogP contribution in [0.1, 0.15) is 0 Å². The van der Waals surface area contributed by atoms with Crippen LogP contribution in [0.5, 0.6) is 0 Å². The molecule has 0 spiro atoms. The van der Waals surface area contributed by atoms with Crippen LogP contribution in [-0.4, -0.2) is 25.0 Å². The molecule has 0 aromatic rings. The first-order valence-electron chi connectivity index (χ1n) is 2.99. The Morgan fingerprint density at radius 1 is 1.70 bits per heavy atom. The van der Waals surface area contributed by atoms with Gasteiger partial charge in [0.25, 0.3) is 0 Å². The van der Waals surface area contributed by atoms with E-state index in [0.717, 1.165) is 6.29 Å². The minimum atomic E-state index is -0.536. The van der Waals surface area contributed by atoms with Gasteiger partial charge in [0.1, 0.15) is 6.29 Å². The Morgan fingerprint density at radius 2 is 2.40 bits per heavy atom. The lowest BCUT2D eigenvalue weighted by atomic mass is 10.1. The van der Waals surface area contributed by atoms with Crippen LogP contribution in [0.15, 0.2) is 0 Å². The average molecular weight is 143 g/mol. The van der Waals surface area contributed by atoms with Gasteiger partial charge in [0.05, 0.1) is 12.1 Å². The van der Waals surface area contributed by atoms with E-state index in [1.165, 1.54) is 0 Å². The van der Waals surface area contributed by atoms with Crippen molar-refractivity contribution >= 4 is 12.3 Å². The molecule has 5 nitrogen and oxygen atoms in total. The summed E-state index contributed by atoms with van der Waals surface area (Å²) in [7, 11) is 0. The number of nitrogens with two attached hydrogens (primary N) is 1. The summed E-state index contributed by atoms with van der Waals surface area (Å²) in [6.45, 7) is 0.330. The first kappa shape index (κ1) is 7.01. The molecule has 1 aliphatic heterocycles. The van der Waals surface area contributed by atoms with Crippen LogP contribution in [0.25, 0.3) is 0 Å². The minimum Gasteiger partial charge on any atom is -0.337 e. The molecule has 1 rings (SSSR count). The second kappa shape index (κ2) is 2.66. The van der Waals surface area contributed by atoms with Gasteiger partial charge in [-0.15, -0.1) is 0 Å². The number of carbonyl (C=O) groups excluding carboxylic acids is 2. The molecule has 0 radical (unpaired) electrons. The van der Waals surface area contributed by atoms with Gasteiger partial charge in [0.15, 0.2) is 0 Å². The lowest BCUT2D eigenvalue weighted by Crippen LogP contribution is -2.59. The van der Waals surface area contributed by atoms with E-state index in [-0.39, 0.29) is 11.9 Å². The summed E-state index contributed by atoms with van der Waals surface area (Å²) in [6, 6.07) is -0.314. The summed E-state index contributed by atoms with van der Waals surface area (Å²) >= 11 is 0. The third kappa shape index (κ3) is 1.24. The molecule has 0 aliphatic carbocycles. The van der Waals surface area contributed by atoms with Crippen LogP contribution >= 0.6 is 0 Å². The Hall–Kier alpha value is -1.10. The van der Waals surface area contributed by atoms with Gasteiger partial charge in [0, 0.05) is 6.54 Å². The molecular weight excluding hydrogens is 134 g/mol. The van der Waals surface area contributed by atoms with Gasteiger partial charge < -0.3 is 21.2 Å². The van der Waals surface area contributed by atoms with Gasteiger partial charge in [-0.25, -0.2) is 4.79 Å². The number of hydrogen-bond acceptors (Lipinski definition) is 3. The van der Waals surface area contributed by atoms with Crippen LogP contribution in [0, 0.1) is 5.92 Å². The van der Waals surface area contributed by atoms with Crippen LogP contribution in [0.3, 0.4) is 0 Å². The van der Waals surface area contributed by atoms with Crippen molar-refractivity contribution in [3.63, 3.8) is 0 Å². The monoisotopic (exact) mass is 143 g/mol. The van der Waals surface area contributed by atoms with E-state index in [2.05, 4.69) is 10.6 Å². The summed E-state index contributed by atoms with van der Waals surface area (Å²) in [5, 5.41) is 4.83. The molecule has 2 atom stereocenters. The fourth-order valence-corrected chi connectivity index (χ4v) is 0.780. The Kier molecular flexibility index (Phi) is 1.86. The molecular formula is C5H9N3O2. The number of rotatable bonds is 1. The summed E-state index contributed by atoms with van der Waals surface area (Å²) in [5.74, 6) is -0.308. The van der Waals surface area contributed by atoms with Crippen LogP contribution in [-0.2, 0) is 4.79 Å². The zero-order valence-electron chi connectivity index (χ0n) is 5.33. The summed E-state index contributed by atoms with van der Waals surface area (Å²) in [4.78, 5) is 20.7. The maximum absolute atomic E-state index is 10.5. The Morgan fingerprint density at radius 3 is 2.90 bits per heavy atom. The van der Waals surface area contributed by atoms with Crippen molar-refractivity contribution in [2.45, 2.75) is 6.17 Å². The van der Waals surface area contributed by atoms with E-state index in [1.807, 2.05) is 0 Å². The highest BCUT2D eigenvalue weighted by molar-refractivity contribution is 5.76. The lowest BCUT2D eigenvalue weighted by molar-refractivity contribution is -0.111. The van der Waals surface area contributed by atoms with Crippen molar-refractivity contribution in [3.8, 4) is 0 Å². The zero-order valence-corrected chi connectivity index (χ0v) is 5.33. The van der Waals surface area contributed by atoms with Gasteiger partial charge in [-0.05, 0) is 0 Å². The maximum atomic E-state index is 10.5. The summed E-state index contributed by atoms with van der Waals surface area (Å²) < 4.78 is 0. The molecule has 1 saturated heterocycles. The van der Waals surface area contributed by atoms with Gasteiger partial charge in [-0.2, -0.15) is 0 Å². The van der Waals surface area contributed by atoms with Crippen molar-refractivity contribution in [2.24, 2.45) is 11.7 Å². The van der Waals surface area contributed by atoms with Gasteiger partial charge in [-0.3, -0.25) is 0 Å². The molecule has 0 bridgehead atoms. The third-order valence-corrected chi connectivity index (χ3v) is 1.43. The highest BCUT2D eigenvalue weighted by Gasteiger charge is 2.23. The predicted molar refractivity (Wildman–Crippen MR) is 34.1 cm³/mol. The van der Waals surface area contributed by atoms with Crippen LogP contribution in [0.2, 0.25) is 0 Å². The Labute approximate surface area is 58.0 Å². The highest BCUT2D eigenvalue weighted by atomic mass is 16.2. The Bertz CT molecular complexity index is 159. The number of aldehydes is 1. The van der Waals surface area contributed by atoms with E-state index in [9.17, 15) is 9.59 Å². The fourth-order valence-electron chi connectivity index (χ4n) is 0.780. The minimum absolute atomic E-state index is 0.308. The van der Waals surface area contributed by atoms with E-state index < -0.39 is 6.17 Å². The molecule has 1 aliphatic rings. The van der Waals surface area contributed by atoms with Gasteiger partial charge >= 0.3 is 6.03 Å². The SMILES string of the molecule is NC1NC(=O)NCC1C=O.